The van der Waals surface area contributed by atoms with Crippen molar-refractivity contribution in [2.45, 2.75) is 64.4 Å². The zero-order chi connectivity index (χ0) is 21.7. The van der Waals surface area contributed by atoms with Gasteiger partial charge < -0.3 is 10.5 Å². The van der Waals surface area contributed by atoms with E-state index >= 15 is 0 Å². The smallest absolute Gasteiger partial charge is 0.124 e. The van der Waals surface area contributed by atoms with Gasteiger partial charge in [-0.3, -0.25) is 0 Å². The van der Waals surface area contributed by atoms with Crippen LogP contribution >= 0.6 is 24.0 Å². The second-order valence-electron chi connectivity index (χ2n) is 7.92. The lowest BCUT2D eigenvalue weighted by molar-refractivity contribution is 0.302. The first-order valence-corrected chi connectivity index (χ1v) is 12.1. The molecule has 3 rings (SSSR count). The molecule has 0 saturated carbocycles. The Morgan fingerprint density at radius 1 is 1.07 bits per heavy atom. The van der Waals surface area contributed by atoms with E-state index in [0.29, 0.717) is 13.2 Å². The molecule has 30 heavy (non-hydrogen) atoms. The maximum absolute atomic E-state index is 6.13. The van der Waals surface area contributed by atoms with Crippen LogP contribution in [0.2, 0.25) is 0 Å². The van der Waals surface area contributed by atoms with Crippen molar-refractivity contribution >= 4 is 24.0 Å². The Labute approximate surface area is 190 Å². The molecule has 0 aliphatic carbocycles. The van der Waals surface area contributed by atoms with Crippen molar-refractivity contribution in [2.75, 3.05) is 0 Å². The van der Waals surface area contributed by atoms with Crippen molar-refractivity contribution in [2.24, 2.45) is 5.73 Å². The van der Waals surface area contributed by atoms with Gasteiger partial charge in [-0.15, -0.1) is 11.3 Å². The van der Waals surface area contributed by atoms with Crippen LogP contribution in [0.25, 0.3) is 0 Å². The first kappa shape index (κ1) is 22.9. The van der Waals surface area contributed by atoms with E-state index in [0.717, 1.165) is 29.7 Å². The van der Waals surface area contributed by atoms with Gasteiger partial charge in [0.1, 0.15) is 12.4 Å². The largest absolute Gasteiger partial charge is 0.489 e. The van der Waals surface area contributed by atoms with Crippen LogP contribution < -0.4 is 10.5 Å². The van der Waals surface area contributed by atoms with E-state index in [-0.39, 0.29) is 10.7 Å². The summed E-state index contributed by atoms with van der Waals surface area (Å²) in [7, 11) is 0. The molecule has 0 amide bonds. The third-order valence-electron chi connectivity index (χ3n) is 6.08. The highest BCUT2D eigenvalue weighted by molar-refractivity contribution is 7.80. The van der Waals surface area contributed by atoms with Crippen molar-refractivity contribution in [3.8, 4) is 5.75 Å². The molecule has 0 aliphatic rings. The molecule has 0 saturated heterocycles. The topological polar surface area (TPSA) is 35.2 Å². The fraction of sp³-hybridized carbons (Fsp3) is 0.385. The molecular weight excluding hydrogens is 406 g/mol. The van der Waals surface area contributed by atoms with E-state index in [1.54, 1.807) is 0 Å². The molecule has 0 radical (unpaired) electrons. The number of hydrogen-bond acceptors (Lipinski definition) is 4. The third kappa shape index (κ3) is 4.61. The zero-order valence-electron chi connectivity index (χ0n) is 18.4. The van der Waals surface area contributed by atoms with Crippen LogP contribution in [0.5, 0.6) is 5.75 Å². The first-order chi connectivity index (χ1) is 14.4. The fourth-order valence-corrected chi connectivity index (χ4v) is 6.04. The van der Waals surface area contributed by atoms with Gasteiger partial charge >= 0.3 is 0 Å². The monoisotopic (exact) mass is 439 g/mol. The van der Waals surface area contributed by atoms with E-state index in [1.165, 1.54) is 20.9 Å². The molecule has 160 valence electrons. The predicted molar refractivity (Wildman–Crippen MR) is 133 cm³/mol. The molecule has 1 unspecified atom stereocenters. The molecule has 0 spiro atoms. The molecule has 1 heterocycles. The Kier molecular flexibility index (Phi) is 7.67. The van der Waals surface area contributed by atoms with Gasteiger partial charge in [-0.05, 0) is 61.6 Å². The van der Waals surface area contributed by atoms with Crippen LogP contribution in [0.1, 0.15) is 70.9 Å². The molecule has 0 fully saturated rings. The number of nitrogens with two attached hydrogens (primary N) is 1. The summed E-state index contributed by atoms with van der Waals surface area (Å²) in [4.78, 5) is 2.78. The molecule has 0 aliphatic heterocycles. The van der Waals surface area contributed by atoms with Crippen LogP contribution in [0.15, 0.2) is 54.6 Å². The van der Waals surface area contributed by atoms with Gasteiger partial charge in [-0.2, -0.15) is 12.6 Å². The molecule has 3 aromatic rings. The predicted octanol–water partition coefficient (Wildman–Crippen LogP) is 7.19. The van der Waals surface area contributed by atoms with Gasteiger partial charge in [0.25, 0.3) is 0 Å². The summed E-state index contributed by atoms with van der Waals surface area (Å²) >= 11 is 6.59. The number of ether oxygens (including phenoxy) is 1. The third-order valence-corrected chi connectivity index (χ3v) is 8.14. The van der Waals surface area contributed by atoms with E-state index in [1.807, 2.05) is 29.5 Å². The normalized spacial score (nSPS) is 12.7. The summed E-state index contributed by atoms with van der Waals surface area (Å²) < 4.78 is 6.12. The number of rotatable bonds is 9. The number of hydrogen-bond donors (Lipinski definition) is 2. The van der Waals surface area contributed by atoms with Crippen molar-refractivity contribution in [1.29, 1.82) is 0 Å². The Morgan fingerprint density at radius 2 is 1.77 bits per heavy atom. The maximum Gasteiger partial charge on any atom is 0.124 e. The lowest BCUT2D eigenvalue weighted by atomic mass is 9.74. The van der Waals surface area contributed by atoms with Crippen LogP contribution in [-0.4, -0.2) is 0 Å². The Morgan fingerprint density at radius 3 is 2.33 bits per heavy atom. The van der Waals surface area contributed by atoms with Crippen LogP contribution in [0.4, 0.5) is 0 Å². The van der Waals surface area contributed by atoms with Crippen LogP contribution in [-0.2, 0) is 18.6 Å². The van der Waals surface area contributed by atoms with Crippen LogP contribution in [0.3, 0.4) is 0 Å². The van der Waals surface area contributed by atoms with Crippen molar-refractivity contribution in [3.63, 3.8) is 0 Å². The summed E-state index contributed by atoms with van der Waals surface area (Å²) in [6.45, 7) is 9.92. The van der Waals surface area contributed by atoms with Gasteiger partial charge in [0.15, 0.2) is 0 Å². The van der Waals surface area contributed by atoms with E-state index < -0.39 is 0 Å². The number of aryl methyl sites for hydroxylation is 1. The number of thiol groups is 1. The van der Waals surface area contributed by atoms with Gasteiger partial charge in [0, 0.05) is 32.5 Å². The van der Waals surface area contributed by atoms with Crippen molar-refractivity contribution < 1.29 is 4.74 Å². The standard InChI is InChI=1S/C26H33NOS2/c1-5-26(6-2,24-14-18(3)25(30-24)19(4)29)22-12-13-23(21(15-22)16-27)28-17-20-10-8-7-9-11-20/h7-15,19,29H,5-6,16-17,27H2,1-4H3. The highest BCUT2D eigenvalue weighted by Gasteiger charge is 2.33. The molecule has 4 heteroatoms. The minimum atomic E-state index is -0.0157. The van der Waals surface area contributed by atoms with Crippen molar-refractivity contribution in [1.82, 2.24) is 0 Å². The highest BCUT2D eigenvalue weighted by Crippen LogP contribution is 2.45. The second-order valence-corrected chi connectivity index (χ2v) is 9.78. The number of benzene rings is 2. The quantitative estimate of drug-likeness (QED) is 0.346. The lowest BCUT2D eigenvalue weighted by Crippen LogP contribution is -2.25. The van der Waals surface area contributed by atoms with Gasteiger partial charge in [-0.1, -0.05) is 50.2 Å². The summed E-state index contributed by atoms with van der Waals surface area (Å²) in [5.41, 5.74) is 11.0. The lowest BCUT2D eigenvalue weighted by Gasteiger charge is -2.32. The first-order valence-electron chi connectivity index (χ1n) is 10.7. The minimum Gasteiger partial charge on any atom is -0.489 e. The minimum absolute atomic E-state index is 0.0157. The Balaban J connectivity index is 1.96. The average Bonchev–Trinajstić information content (AvgIpc) is 3.17. The zero-order valence-corrected chi connectivity index (χ0v) is 20.2. The molecule has 2 nitrogen and oxygen atoms in total. The molecule has 0 bridgehead atoms. The summed E-state index contributed by atoms with van der Waals surface area (Å²) in [5, 5.41) is 0.253. The van der Waals surface area contributed by atoms with Crippen LogP contribution in [0, 0.1) is 6.92 Å². The van der Waals surface area contributed by atoms with E-state index in [4.69, 9.17) is 10.5 Å². The second kappa shape index (κ2) is 10.0. The molecule has 1 atom stereocenters. The SMILES string of the molecule is CCC(CC)(c1ccc(OCc2ccccc2)c(CN)c1)c1cc(C)c(C(C)S)s1. The number of thiophene rings is 1. The van der Waals surface area contributed by atoms with Gasteiger partial charge in [-0.25, -0.2) is 0 Å². The molecular formula is C26H33NOS2. The molecule has 2 N–H and O–H groups in total. The maximum atomic E-state index is 6.13. The summed E-state index contributed by atoms with van der Waals surface area (Å²) in [6, 6.07) is 19.2. The summed E-state index contributed by atoms with van der Waals surface area (Å²) in [6.07, 6.45) is 2.08. The van der Waals surface area contributed by atoms with E-state index in [2.05, 4.69) is 76.7 Å². The summed E-state index contributed by atoms with van der Waals surface area (Å²) in [5.74, 6) is 0.873. The van der Waals surface area contributed by atoms with Gasteiger partial charge in [0.05, 0.1) is 0 Å². The average molecular weight is 440 g/mol. The fourth-order valence-electron chi connectivity index (χ4n) is 4.21. The van der Waals surface area contributed by atoms with Crippen molar-refractivity contribution in [3.05, 3.63) is 86.6 Å². The van der Waals surface area contributed by atoms with Gasteiger partial charge in [0.2, 0.25) is 0 Å². The molecule has 2 aromatic carbocycles. The highest BCUT2D eigenvalue weighted by atomic mass is 32.1. The molecule has 1 aromatic heterocycles. The Hall–Kier alpha value is -1.75. The van der Waals surface area contributed by atoms with E-state index in [9.17, 15) is 0 Å². The Bertz CT molecular complexity index is 958.